The van der Waals surface area contributed by atoms with Crippen LogP contribution in [0.3, 0.4) is 0 Å². The van der Waals surface area contributed by atoms with Gasteiger partial charge in [0.15, 0.2) is 5.78 Å². The van der Waals surface area contributed by atoms with Crippen molar-refractivity contribution in [2.24, 2.45) is 0 Å². The van der Waals surface area contributed by atoms with Crippen LogP contribution in [0, 0.1) is 6.92 Å². The summed E-state index contributed by atoms with van der Waals surface area (Å²) in [6, 6.07) is 16.0. The first-order chi connectivity index (χ1) is 11.1. The van der Waals surface area contributed by atoms with E-state index in [0.717, 1.165) is 27.8 Å². The molecule has 118 valence electrons. The Morgan fingerprint density at radius 2 is 1.91 bits per heavy atom. The first-order valence-corrected chi connectivity index (χ1v) is 7.84. The maximum absolute atomic E-state index is 11.7. The number of nitrogens with zero attached hydrogens (tertiary/aromatic N) is 1. The van der Waals surface area contributed by atoms with Gasteiger partial charge in [0.05, 0.1) is 6.04 Å². The quantitative estimate of drug-likeness (QED) is 0.685. The molecule has 0 aliphatic carbocycles. The molecule has 1 atom stereocenters. The smallest absolute Gasteiger partial charge is 0.152 e. The lowest BCUT2D eigenvalue weighted by atomic mass is 10.2. The topological polar surface area (TPSA) is 31.2 Å². The van der Waals surface area contributed by atoms with E-state index in [2.05, 4.69) is 25.1 Å². The summed E-state index contributed by atoms with van der Waals surface area (Å²) in [6.07, 6.45) is 2.04. The van der Waals surface area contributed by atoms with Gasteiger partial charge in [0, 0.05) is 17.1 Å². The van der Waals surface area contributed by atoms with Crippen molar-refractivity contribution >= 4 is 16.7 Å². The molecule has 0 saturated carbocycles. The largest absolute Gasteiger partial charge is 0.489 e. The van der Waals surface area contributed by atoms with Crippen LogP contribution in [0.15, 0.2) is 54.7 Å². The van der Waals surface area contributed by atoms with Gasteiger partial charge in [0.25, 0.3) is 0 Å². The van der Waals surface area contributed by atoms with Gasteiger partial charge in [-0.1, -0.05) is 30.3 Å². The minimum absolute atomic E-state index is 0.151. The molecule has 0 radical (unpaired) electrons. The SMILES string of the molecule is CC(=O)C(C)n1cc(C)c2cc(OCc3ccccc3)ccc21. The highest BCUT2D eigenvalue weighted by Gasteiger charge is 2.14. The Morgan fingerprint density at radius 1 is 1.17 bits per heavy atom. The second kappa shape index (κ2) is 6.29. The van der Waals surface area contributed by atoms with Crippen molar-refractivity contribution in [1.29, 1.82) is 0 Å². The molecule has 0 amide bonds. The van der Waals surface area contributed by atoms with E-state index in [1.54, 1.807) is 6.92 Å². The maximum Gasteiger partial charge on any atom is 0.152 e. The average Bonchev–Trinajstić information content (AvgIpc) is 2.89. The van der Waals surface area contributed by atoms with E-state index in [9.17, 15) is 4.79 Å². The molecule has 3 aromatic rings. The molecule has 3 rings (SSSR count). The number of hydrogen-bond acceptors (Lipinski definition) is 2. The molecule has 0 spiro atoms. The molecule has 0 aliphatic rings. The van der Waals surface area contributed by atoms with Crippen LogP contribution in [0.4, 0.5) is 0 Å². The van der Waals surface area contributed by atoms with Crippen LogP contribution in [-0.2, 0) is 11.4 Å². The Morgan fingerprint density at radius 3 is 2.61 bits per heavy atom. The molecular weight excluding hydrogens is 286 g/mol. The number of ketones is 1. The second-order valence-corrected chi connectivity index (χ2v) is 5.96. The molecule has 0 bridgehead atoms. The van der Waals surface area contributed by atoms with E-state index in [4.69, 9.17) is 4.74 Å². The number of hydrogen-bond donors (Lipinski definition) is 0. The predicted molar refractivity (Wildman–Crippen MR) is 92.8 cm³/mol. The van der Waals surface area contributed by atoms with Gasteiger partial charge in [-0.15, -0.1) is 0 Å². The van der Waals surface area contributed by atoms with Gasteiger partial charge in [-0.3, -0.25) is 4.79 Å². The van der Waals surface area contributed by atoms with E-state index in [1.165, 1.54) is 0 Å². The van der Waals surface area contributed by atoms with Crippen molar-refractivity contribution in [2.75, 3.05) is 0 Å². The number of benzene rings is 2. The Hall–Kier alpha value is -2.55. The molecule has 1 aromatic heterocycles. The van der Waals surface area contributed by atoms with Gasteiger partial charge in [0.2, 0.25) is 0 Å². The molecule has 23 heavy (non-hydrogen) atoms. The van der Waals surface area contributed by atoms with Gasteiger partial charge in [-0.05, 0) is 50.1 Å². The van der Waals surface area contributed by atoms with Crippen LogP contribution in [0.2, 0.25) is 0 Å². The summed E-state index contributed by atoms with van der Waals surface area (Å²) < 4.78 is 7.93. The van der Waals surface area contributed by atoms with E-state index < -0.39 is 0 Å². The maximum atomic E-state index is 11.7. The predicted octanol–water partition coefficient (Wildman–Crippen LogP) is 4.68. The van der Waals surface area contributed by atoms with Crippen LogP contribution >= 0.6 is 0 Å². The number of fused-ring (bicyclic) bond motifs is 1. The van der Waals surface area contributed by atoms with Gasteiger partial charge in [0.1, 0.15) is 12.4 Å². The summed E-state index contributed by atoms with van der Waals surface area (Å²) in [6.45, 7) is 6.17. The monoisotopic (exact) mass is 307 g/mol. The molecule has 0 aliphatic heterocycles. The van der Waals surface area contributed by atoms with Crippen molar-refractivity contribution in [3.8, 4) is 5.75 Å². The molecule has 3 nitrogen and oxygen atoms in total. The van der Waals surface area contributed by atoms with Gasteiger partial charge in [-0.2, -0.15) is 0 Å². The minimum atomic E-state index is -0.151. The molecule has 3 heteroatoms. The summed E-state index contributed by atoms with van der Waals surface area (Å²) in [5, 5.41) is 1.13. The highest BCUT2D eigenvalue weighted by Crippen LogP contribution is 2.28. The fourth-order valence-corrected chi connectivity index (χ4v) is 2.75. The zero-order valence-electron chi connectivity index (χ0n) is 13.7. The van der Waals surface area contributed by atoms with Crippen LogP contribution < -0.4 is 4.74 Å². The lowest BCUT2D eigenvalue weighted by Crippen LogP contribution is -2.11. The first-order valence-electron chi connectivity index (χ1n) is 7.84. The van der Waals surface area contributed by atoms with Crippen LogP contribution in [0.25, 0.3) is 10.9 Å². The number of aryl methyl sites for hydroxylation is 1. The number of carbonyl (C=O) groups is 1. The lowest BCUT2D eigenvalue weighted by Gasteiger charge is -2.12. The standard InChI is InChI=1S/C20H21NO2/c1-14-12-21(15(2)16(3)22)20-10-9-18(11-19(14)20)23-13-17-7-5-4-6-8-17/h4-12,15H,13H2,1-3H3. The zero-order chi connectivity index (χ0) is 16.4. The fourth-order valence-electron chi connectivity index (χ4n) is 2.75. The van der Waals surface area contributed by atoms with Crippen LogP contribution in [0.5, 0.6) is 5.75 Å². The van der Waals surface area contributed by atoms with Crippen LogP contribution in [0.1, 0.15) is 31.0 Å². The lowest BCUT2D eigenvalue weighted by molar-refractivity contribution is -0.119. The van der Waals surface area contributed by atoms with Crippen LogP contribution in [-0.4, -0.2) is 10.4 Å². The van der Waals surface area contributed by atoms with Crippen molar-refractivity contribution in [2.45, 2.75) is 33.4 Å². The highest BCUT2D eigenvalue weighted by molar-refractivity contribution is 5.88. The van der Waals surface area contributed by atoms with Crippen molar-refractivity contribution < 1.29 is 9.53 Å². The summed E-state index contributed by atoms with van der Waals surface area (Å²) in [7, 11) is 0. The van der Waals surface area contributed by atoms with E-state index in [1.807, 2.05) is 48.0 Å². The summed E-state index contributed by atoms with van der Waals surface area (Å²) >= 11 is 0. The number of ether oxygens (including phenoxy) is 1. The van der Waals surface area contributed by atoms with Gasteiger partial charge >= 0.3 is 0 Å². The Bertz CT molecular complexity index is 833. The second-order valence-electron chi connectivity index (χ2n) is 5.96. The third-order valence-electron chi connectivity index (χ3n) is 4.26. The van der Waals surface area contributed by atoms with Gasteiger partial charge in [-0.25, -0.2) is 0 Å². The number of rotatable bonds is 5. The highest BCUT2D eigenvalue weighted by atomic mass is 16.5. The minimum Gasteiger partial charge on any atom is -0.489 e. The average molecular weight is 307 g/mol. The third-order valence-corrected chi connectivity index (χ3v) is 4.26. The molecule has 2 aromatic carbocycles. The molecule has 1 unspecified atom stereocenters. The normalized spacial score (nSPS) is 12.3. The number of Topliss-reactive ketones (excluding diaryl/α,β-unsaturated/α-hetero) is 1. The van der Waals surface area contributed by atoms with E-state index in [0.29, 0.717) is 6.61 Å². The van der Waals surface area contributed by atoms with Gasteiger partial charge < -0.3 is 9.30 Å². The van der Waals surface area contributed by atoms with Crippen molar-refractivity contribution in [1.82, 2.24) is 4.57 Å². The fraction of sp³-hybridized carbons (Fsp3) is 0.250. The summed E-state index contributed by atoms with van der Waals surface area (Å²) in [5.41, 5.74) is 3.36. The van der Waals surface area contributed by atoms with E-state index in [-0.39, 0.29) is 11.8 Å². The Kier molecular flexibility index (Phi) is 4.20. The molecule has 0 N–H and O–H groups in total. The van der Waals surface area contributed by atoms with Crippen molar-refractivity contribution in [3.63, 3.8) is 0 Å². The third kappa shape index (κ3) is 3.14. The first kappa shape index (κ1) is 15.3. The number of aromatic nitrogens is 1. The molecule has 1 heterocycles. The molecule has 0 saturated heterocycles. The Labute approximate surface area is 136 Å². The zero-order valence-corrected chi connectivity index (χ0v) is 13.7. The molecular formula is C20H21NO2. The molecule has 0 fully saturated rings. The Balaban J connectivity index is 1.87. The summed E-state index contributed by atoms with van der Waals surface area (Å²) in [4.78, 5) is 11.7. The number of carbonyl (C=O) groups excluding carboxylic acids is 1. The summed E-state index contributed by atoms with van der Waals surface area (Å²) in [5.74, 6) is 1.00. The van der Waals surface area contributed by atoms with E-state index >= 15 is 0 Å². The van der Waals surface area contributed by atoms with Crippen molar-refractivity contribution in [3.05, 3.63) is 65.9 Å².